The fourth-order valence-electron chi connectivity index (χ4n) is 3.71. The zero-order chi connectivity index (χ0) is 22.6. The van der Waals surface area contributed by atoms with E-state index in [2.05, 4.69) is 10.6 Å². The molecule has 0 aliphatic carbocycles. The second-order valence-electron chi connectivity index (χ2n) is 7.54. The van der Waals surface area contributed by atoms with E-state index in [1.54, 1.807) is 11.3 Å². The lowest BCUT2D eigenvalue weighted by molar-refractivity contribution is -0.115. The SMILES string of the molecule is O=C(CNC(c1ccccc1)c1cccs1)Nc1cc(S(=O)(=O)N2CCCC2)ccc1Cl. The summed E-state index contributed by atoms with van der Waals surface area (Å²) in [6.45, 7) is 1.07. The molecule has 1 unspecified atom stereocenters. The number of amides is 1. The van der Waals surface area contributed by atoms with Crippen LogP contribution in [0.15, 0.2) is 70.9 Å². The van der Waals surface area contributed by atoms with Gasteiger partial charge in [-0.05, 0) is 48.1 Å². The molecule has 0 spiro atoms. The fourth-order valence-corrected chi connectivity index (χ4v) is 6.25. The highest BCUT2D eigenvalue weighted by Gasteiger charge is 2.28. The number of carbonyl (C=O) groups excluding carboxylic acids is 1. The monoisotopic (exact) mass is 489 g/mol. The summed E-state index contributed by atoms with van der Waals surface area (Å²) in [4.78, 5) is 13.9. The summed E-state index contributed by atoms with van der Waals surface area (Å²) in [5, 5.41) is 8.34. The van der Waals surface area contributed by atoms with E-state index in [9.17, 15) is 13.2 Å². The molecular weight excluding hydrogens is 466 g/mol. The first-order valence-electron chi connectivity index (χ1n) is 10.4. The van der Waals surface area contributed by atoms with Crippen molar-refractivity contribution in [3.8, 4) is 0 Å². The average Bonchev–Trinajstić information content (AvgIpc) is 3.51. The number of hydrogen-bond acceptors (Lipinski definition) is 5. The maximum absolute atomic E-state index is 12.8. The molecule has 4 rings (SSSR count). The van der Waals surface area contributed by atoms with Crippen molar-refractivity contribution in [3.63, 3.8) is 0 Å². The Hall–Kier alpha value is -2.23. The van der Waals surface area contributed by atoms with Gasteiger partial charge in [-0.2, -0.15) is 4.31 Å². The molecule has 0 bridgehead atoms. The topological polar surface area (TPSA) is 78.5 Å². The fraction of sp³-hybridized carbons (Fsp3) is 0.261. The van der Waals surface area contributed by atoms with E-state index in [1.165, 1.54) is 22.5 Å². The maximum Gasteiger partial charge on any atom is 0.243 e. The highest BCUT2D eigenvalue weighted by molar-refractivity contribution is 7.89. The number of rotatable bonds is 8. The Kier molecular flexibility index (Phi) is 7.27. The number of nitrogens with one attached hydrogen (secondary N) is 2. The molecule has 1 saturated heterocycles. The number of carbonyl (C=O) groups is 1. The molecule has 32 heavy (non-hydrogen) atoms. The van der Waals surface area contributed by atoms with Crippen LogP contribution in [-0.2, 0) is 14.8 Å². The van der Waals surface area contributed by atoms with Crippen LogP contribution < -0.4 is 10.6 Å². The lowest BCUT2D eigenvalue weighted by Crippen LogP contribution is -2.32. The Bertz CT molecular complexity index is 1160. The van der Waals surface area contributed by atoms with Crippen LogP contribution in [0.2, 0.25) is 5.02 Å². The zero-order valence-corrected chi connectivity index (χ0v) is 19.7. The predicted octanol–water partition coefficient (Wildman–Crippen LogP) is 4.50. The molecule has 0 saturated carbocycles. The van der Waals surface area contributed by atoms with Gasteiger partial charge in [-0.3, -0.25) is 10.1 Å². The molecular formula is C23H24ClN3O3S2. The van der Waals surface area contributed by atoms with Crippen molar-refractivity contribution in [1.29, 1.82) is 0 Å². The van der Waals surface area contributed by atoms with Crippen LogP contribution >= 0.6 is 22.9 Å². The molecule has 1 amide bonds. The van der Waals surface area contributed by atoms with Crippen LogP contribution in [0, 0.1) is 0 Å². The minimum Gasteiger partial charge on any atom is -0.324 e. The summed E-state index contributed by atoms with van der Waals surface area (Å²) in [5.41, 5.74) is 1.34. The van der Waals surface area contributed by atoms with Crippen molar-refractivity contribution in [1.82, 2.24) is 9.62 Å². The largest absolute Gasteiger partial charge is 0.324 e. The first-order chi connectivity index (χ1) is 15.4. The van der Waals surface area contributed by atoms with Gasteiger partial charge in [0, 0.05) is 18.0 Å². The minimum absolute atomic E-state index is 0.0386. The third-order valence-corrected chi connectivity index (χ3v) is 8.50. The van der Waals surface area contributed by atoms with E-state index in [4.69, 9.17) is 11.6 Å². The quantitative estimate of drug-likeness (QED) is 0.488. The number of nitrogens with zero attached hydrogens (tertiary/aromatic N) is 1. The normalized spacial score (nSPS) is 15.5. The highest BCUT2D eigenvalue weighted by atomic mass is 35.5. The van der Waals surface area contributed by atoms with E-state index in [-0.39, 0.29) is 34.1 Å². The Balaban J connectivity index is 1.47. The van der Waals surface area contributed by atoms with E-state index in [0.717, 1.165) is 23.3 Å². The highest BCUT2D eigenvalue weighted by Crippen LogP contribution is 2.29. The molecule has 6 nitrogen and oxygen atoms in total. The smallest absolute Gasteiger partial charge is 0.243 e. The number of hydrogen-bond donors (Lipinski definition) is 2. The van der Waals surface area contributed by atoms with Crippen LogP contribution in [0.5, 0.6) is 0 Å². The van der Waals surface area contributed by atoms with Crippen molar-refractivity contribution < 1.29 is 13.2 Å². The molecule has 0 radical (unpaired) electrons. The standard InChI is InChI=1S/C23H24ClN3O3S2/c24-19-11-10-18(32(29,30)27-12-4-5-13-27)15-20(19)26-22(28)16-25-23(21-9-6-14-31-21)17-7-2-1-3-8-17/h1-3,6-11,14-15,23,25H,4-5,12-13,16H2,(H,26,28). The average molecular weight is 490 g/mol. The van der Waals surface area contributed by atoms with Gasteiger partial charge in [0.1, 0.15) is 0 Å². The first kappa shape index (κ1) is 22.9. The predicted molar refractivity (Wildman–Crippen MR) is 129 cm³/mol. The van der Waals surface area contributed by atoms with E-state index < -0.39 is 10.0 Å². The van der Waals surface area contributed by atoms with E-state index in [0.29, 0.717) is 13.1 Å². The molecule has 1 aliphatic heterocycles. The molecule has 2 heterocycles. The summed E-state index contributed by atoms with van der Waals surface area (Å²) >= 11 is 7.86. The molecule has 1 fully saturated rings. The van der Waals surface area contributed by atoms with Gasteiger partial charge in [-0.1, -0.05) is 48.0 Å². The molecule has 3 aromatic rings. The van der Waals surface area contributed by atoms with Gasteiger partial charge in [0.05, 0.1) is 28.2 Å². The van der Waals surface area contributed by atoms with Crippen LogP contribution in [-0.4, -0.2) is 38.3 Å². The van der Waals surface area contributed by atoms with Gasteiger partial charge < -0.3 is 5.32 Å². The van der Waals surface area contributed by atoms with Crippen molar-refractivity contribution in [2.45, 2.75) is 23.8 Å². The van der Waals surface area contributed by atoms with Gasteiger partial charge in [0.2, 0.25) is 15.9 Å². The Morgan fingerprint density at radius 3 is 2.50 bits per heavy atom. The number of sulfonamides is 1. The Labute approximate surface area is 197 Å². The second kappa shape index (κ2) is 10.1. The van der Waals surface area contributed by atoms with E-state index >= 15 is 0 Å². The van der Waals surface area contributed by atoms with Gasteiger partial charge in [0.25, 0.3) is 0 Å². The second-order valence-corrected chi connectivity index (χ2v) is 10.9. The molecule has 9 heteroatoms. The number of benzene rings is 2. The number of anilines is 1. The van der Waals surface area contributed by atoms with Crippen molar-refractivity contribution >= 4 is 44.6 Å². The van der Waals surface area contributed by atoms with Crippen molar-refractivity contribution in [2.75, 3.05) is 25.0 Å². The maximum atomic E-state index is 12.8. The van der Waals surface area contributed by atoms with Gasteiger partial charge in [-0.25, -0.2) is 8.42 Å². The summed E-state index contributed by atoms with van der Waals surface area (Å²) < 4.78 is 27.2. The number of halogens is 1. The van der Waals surface area contributed by atoms with E-state index in [1.807, 2.05) is 47.8 Å². The minimum atomic E-state index is -3.60. The van der Waals surface area contributed by atoms with Gasteiger partial charge in [-0.15, -0.1) is 11.3 Å². The molecule has 1 atom stereocenters. The van der Waals surface area contributed by atoms with Crippen LogP contribution in [0.3, 0.4) is 0 Å². The molecule has 2 N–H and O–H groups in total. The summed E-state index contributed by atoms with van der Waals surface area (Å²) in [6.07, 6.45) is 1.71. The summed E-state index contributed by atoms with van der Waals surface area (Å²) in [6, 6.07) is 18.2. The lowest BCUT2D eigenvalue weighted by atomic mass is 10.1. The van der Waals surface area contributed by atoms with Gasteiger partial charge >= 0.3 is 0 Å². The Morgan fingerprint density at radius 1 is 1.06 bits per heavy atom. The Morgan fingerprint density at radius 2 is 1.81 bits per heavy atom. The lowest BCUT2D eigenvalue weighted by Gasteiger charge is -2.19. The summed E-state index contributed by atoms with van der Waals surface area (Å²) in [7, 11) is -3.60. The molecule has 168 valence electrons. The first-order valence-corrected chi connectivity index (χ1v) is 13.1. The van der Waals surface area contributed by atoms with Gasteiger partial charge in [0.15, 0.2) is 0 Å². The third kappa shape index (κ3) is 5.22. The van der Waals surface area contributed by atoms with Crippen LogP contribution in [0.4, 0.5) is 5.69 Å². The van der Waals surface area contributed by atoms with Crippen molar-refractivity contribution in [2.24, 2.45) is 0 Å². The summed E-state index contributed by atoms with van der Waals surface area (Å²) in [5.74, 6) is -0.305. The molecule has 2 aromatic carbocycles. The van der Waals surface area contributed by atoms with Crippen LogP contribution in [0.25, 0.3) is 0 Å². The zero-order valence-electron chi connectivity index (χ0n) is 17.3. The molecule has 1 aromatic heterocycles. The molecule has 1 aliphatic rings. The third-order valence-electron chi connectivity index (χ3n) is 5.34. The van der Waals surface area contributed by atoms with Crippen LogP contribution in [0.1, 0.15) is 29.3 Å². The van der Waals surface area contributed by atoms with Crippen molar-refractivity contribution in [3.05, 3.63) is 81.5 Å². The number of thiophene rings is 1.